The van der Waals surface area contributed by atoms with Crippen LogP contribution in [0.25, 0.3) is 10.8 Å². The molecule has 1 aliphatic heterocycles. The Balaban J connectivity index is 0.000000317. The third kappa shape index (κ3) is 8.49. The average molecular weight is 626 g/mol. The van der Waals surface area contributed by atoms with Gasteiger partial charge < -0.3 is 15.9 Å². The van der Waals surface area contributed by atoms with Crippen molar-refractivity contribution in [3.63, 3.8) is 0 Å². The summed E-state index contributed by atoms with van der Waals surface area (Å²) < 4.78 is 63.5. The van der Waals surface area contributed by atoms with Crippen molar-refractivity contribution in [2.45, 2.75) is 56.9 Å². The molecule has 0 saturated heterocycles. The molecule has 0 aromatic heterocycles. The van der Waals surface area contributed by atoms with Gasteiger partial charge >= 0.3 is 24.3 Å². The number of hydrogen-bond donors (Lipinski definition) is 4. The first-order chi connectivity index (χ1) is 20.3. The van der Waals surface area contributed by atoms with E-state index in [4.69, 9.17) is 30.9 Å². The highest BCUT2D eigenvalue weighted by Crippen LogP contribution is 2.55. The summed E-state index contributed by atoms with van der Waals surface area (Å²) in [5.41, 5.74) is 12.5. The van der Waals surface area contributed by atoms with Crippen molar-refractivity contribution in [3.05, 3.63) is 82.4 Å². The number of nitrogen functional groups attached to an aromatic ring is 1. The highest BCUT2D eigenvalue weighted by molar-refractivity contribution is 5.99. The Kier molecular flexibility index (Phi) is 10.3. The zero-order chi connectivity index (χ0) is 33.1. The average Bonchev–Trinajstić information content (AvgIpc) is 3.72. The normalized spacial score (nSPS) is 19.6. The van der Waals surface area contributed by atoms with Crippen LogP contribution < -0.4 is 5.73 Å². The van der Waals surface area contributed by atoms with Gasteiger partial charge in [-0.1, -0.05) is 62.4 Å². The number of rotatable bonds is 4. The minimum atomic E-state index is -5.08. The van der Waals surface area contributed by atoms with Gasteiger partial charge in [0.1, 0.15) is 5.84 Å². The minimum Gasteiger partial charge on any atom is -0.475 e. The molecule has 5 rings (SSSR count). The molecule has 3 aromatic rings. The van der Waals surface area contributed by atoms with Crippen molar-refractivity contribution in [1.29, 1.82) is 5.41 Å². The number of alkyl halides is 6. The zero-order valence-electron chi connectivity index (χ0n) is 24.1. The van der Waals surface area contributed by atoms with Crippen LogP contribution in [0, 0.1) is 11.3 Å². The Hall–Kier alpha value is -4.13. The van der Waals surface area contributed by atoms with E-state index in [0.717, 1.165) is 23.9 Å². The molecule has 3 atom stereocenters. The van der Waals surface area contributed by atoms with E-state index in [9.17, 15) is 26.3 Å². The number of carboxylic acid groups (broad SMARTS) is 2. The summed E-state index contributed by atoms with van der Waals surface area (Å²) in [6, 6.07) is 20.6. The van der Waals surface area contributed by atoms with Crippen LogP contribution >= 0.6 is 0 Å². The van der Waals surface area contributed by atoms with Gasteiger partial charge in [-0.25, -0.2) is 9.59 Å². The number of halogens is 6. The van der Waals surface area contributed by atoms with Crippen molar-refractivity contribution in [2.24, 2.45) is 11.7 Å². The zero-order valence-corrected chi connectivity index (χ0v) is 24.1. The van der Waals surface area contributed by atoms with Gasteiger partial charge in [-0.05, 0) is 76.7 Å². The van der Waals surface area contributed by atoms with Gasteiger partial charge in [-0.15, -0.1) is 0 Å². The molecule has 1 saturated carbocycles. The van der Waals surface area contributed by atoms with Crippen LogP contribution in [0.5, 0.6) is 0 Å². The molecule has 1 fully saturated rings. The summed E-state index contributed by atoms with van der Waals surface area (Å²) in [6.07, 6.45) is -7.77. The highest BCUT2D eigenvalue weighted by atomic mass is 19.4. The van der Waals surface area contributed by atoms with Crippen molar-refractivity contribution in [2.75, 3.05) is 13.6 Å². The summed E-state index contributed by atoms with van der Waals surface area (Å²) in [4.78, 5) is 20.3. The highest BCUT2D eigenvalue weighted by Gasteiger charge is 2.41. The lowest BCUT2D eigenvalue weighted by molar-refractivity contribution is -0.193. The summed E-state index contributed by atoms with van der Waals surface area (Å²) >= 11 is 0. The first-order valence-electron chi connectivity index (χ1n) is 13.6. The van der Waals surface area contributed by atoms with E-state index in [-0.39, 0.29) is 5.84 Å². The second-order valence-electron chi connectivity index (χ2n) is 11.2. The molecule has 1 heterocycles. The van der Waals surface area contributed by atoms with Crippen LogP contribution in [-0.4, -0.2) is 58.8 Å². The number of fused-ring (bicyclic) bond motifs is 2. The SMILES string of the molecule is CC(C)C1c2cc(C3CC3c3ccc4cc(C(=N)N)ccc4c3)ccc2CCN1C.O=C(O)C(F)(F)F.O=C(O)C(F)(F)F. The quantitative estimate of drug-likeness (QED) is 0.143. The number of likely N-dealkylation sites (N-methyl/N-ethyl adjacent to an activating group) is 1. The summed E-state index contributed by atoms with van der Waals surface area (Å²) in [5, 5.41) is 24.3. The molecule has 13 heteroatoms. The Morgan fingerprint density at radius 2 is 1.34 bits per heavy atom. The smallest absolute Gasteiger partial charge is 0.475 e. The fraction of sp³-hybridized carbons (Fsp3) is 0.387. The van der Waals surface area contributed by atoms with Crippen molar-refractivity contribution in [3.8, 4) is 0 Å². The molecule has 0 amide bonds. The molecule has 0 spiro atoms. The summed E-state index contributed by atoms with van der Waals surface area (Å²) in [7, 11) is 2.27. The number of carboxylic acids is 2. The van der Waals surface area contributed by atoms with Crippen LogP contribution in [0.1, 0.15) is 66.0 Å². The van der Waals surface area contributed by atoms with E-state index >= 15 is 0 Å². The van der Waals surface area contributed by atoms with E-state index in [0.29, 0.717) is 23.8 Å². The lowest BCUT2D eigenvalue weighted by atomic mass is 9.85. The molecular weight excluding hydrogens is 592 g/mol. The first-order valence-corrected chi connectivity index (χ1v) is 13.6. The molecule has 0 radical (unpaired) electrons. The van der Waals surface area contributed by atoms with Crippen molar-refractivity contribution >= 4 is 28.5 Å². The number of benzene rings is 3. The number of nitrogens with zero attached hydrogens (tertiary/aromatic N) is 1. The third-order valence-corrected chi connectivity index (χ3v) is 7.64. The van der Waals surface area contributed by atoms with Crippen LogP contribution in [-0.2, 0) is 16.0 Å². The van der Waals surface area contributed by atoms with Crippen molar-refractivity contribution < 1.29 is 46.1 Å². The van der Waals surface area contributed by atoms with Gasteiger partial charge in [0.2, 0.25) is 0 Å². The molecule has 1 aliphatic carbocycles. The minimum absolute atomic E-state index is 0.126. The number of hydrogen-bond acceptors (Lipinski definition) is 4. The predicted molar refractivity (Wildman–Crippen MR) is 153 cm³/mol. The van der Waals surface area contributed by atoms with Gasteiger partial charge in [-0.3, -0.25) is 10.3 Å². The van der Waals surface area contributed by atoms with Gasteiger partial charge in [0, 0.05) is 18.2 Å². The molecule has 2 aliphatic rings. The molecule has 3 aromatic carbocycles. The Morgan fingerprint density at radius 3 is 1.84 bits per heavy atom. The van der Waals surface area contributed by atoms with Crippen LogP contribution in [0.15, 0.2) is 54.6 Å². The van der Waals surface area contributed by atoms with Gasteiger partial charge in [0.15, 0.2) is 0 Å². The van der Waals surface area contributed by atoms with Gasteiger partial charge in [-0.2, -0.15) is 26.3 Å². The summed E-state index contributed by atoms with van der Waals surface area (Å²) in [5.74, 6) is -3.52. The van der Waals surface area contributed by atoms with Gasteiger partial charge in [0.25, 0.3) is 0 Å². The number of aliphatic carboxylic acids is 2. The van der Waals surface area contributed by atoms with E-state index in [2.05, 4.69) is 68.3 Å². The van der Waals surface area contributed by atoms with Gasteiger partial charge in [0.05, 0.1) is 0 Å². The predicted octanol–water partition coefficient (Wildman–Crippen LogP) is 6.85. The second kappa shape index (κ2) is 13.2. The molecule has 0 bridgehead atoms. The molecular formula is C31H33F6N3O4. The number of carbonyl (C=O) groups is 2. The van der Waals surface area contributed by atoms with E-state index in [1.165, 1.54) is 22.9 Å². The largest absolute Gasteiger partial charge is 0.490 e. The van der Waals surface area contributed by atoms with E-state index in [1.54, 1.807) is 11.1 Å². The molecule has 44 heavy (non-hydrogen) atoms. The standard InChI is InChI=1S/C27H31N3.2C2HF3O2/c1-16(2)26-25-14-21(7-4-17(25)10-11-30(26)3)24-15-23(24)20-8-5-19-13-22(27(28)29)9-6-18(19)12-20;2*3-2(4,5)1(6)7/h4-9,12-14,16,23-24,26H,10-11,15H2,1-3H3,(H3,28,29);2*(H,6,7). The van der Waals surface area contributed by atoms with Crippen LogP contribution in [0.4, 0.5) is 26.3 Å². The molecule has 5 N–H and O–H groups in total. The first kappa shape index (κ1) is 34.4. The lowest BCUT2D eigenvalue weighted by Gasteiger charge is -2.37. The third-order valence-electron chi connectivity index (χ3n) is 7.64. The van der Waals surface area contributed by atoms with Crippen LogP contribution in [0.3, 0.4) is 0 Å². The number of nitrogens with two attached hydrogens (primary N) is 1. The Bertz CT molecular complexity index is 1510. The van der Waals surface area contributed by atoms with Crippen LogP contribution in [0.2, 0.25) is 0 Å². The summed E-state index contributed by atoms with van der Waals surface area (Å²) in [6.45, 7) is 5.84. The molecule has 3 unspecified atom stereocenters. The lowest BCUT2D eigenvalue weighted by Crippen LogP contribution is -2.35. The maximum atomic E-state index is 10.6. The molecule has 238 valence electrons. The van der Waals surface area contributed by atoms with E-state index < -0.39 is 24.3 Å². The fourth-order valence-corrected chi connectivity index (χ4v) is 5.48. The van der Waals surface area contributed by atoms with E-state index in [1.807, 2.05) is 12.1 Å². The fourth-order valence-electron chi connectivity index (χ4n) is 5.48. The number of nitrogens with one attached hydrogen (secondary N) is 1. The maximum absolute atomic E-state index is 10.6. The maximum Gasteiger partial charge on any atom is 0.490 e. The number of amidine groups is 1. The second-order valence-corrected chi connectivity index (χ2v) is 11.2. The monoisotopic (exact) mass is 625 g/mol. The van der Waals surface area contributed by atoms with Crippen molar-refractivity contribution in [1.82, 2.24) is 4.90 Å². The molecule has 7 nitrogen and oxygen atoms in total. The Morgan fingerprint density at radius 1 is 0.864 bits per heavy atom. The Labute approximate surface area is 249 Å². The topological polar surface area (TPSA) is 128 Å².